The van der Waals surface area contributed by atoms with E-state index in [1.807, 2.05) is 0 Å². The number of carbonyl (C=O) groups is 1. The van der Waals surface area contributed by atoms with E-state index >= 15 is 0 Å². The fourth-order valence-electron chi connectivity index (χ4n) is 3.03. The first-order valence-corrected chi connectivity index (χ1v) is 9.32. The standard InChI is InChI=1S/C21H22F3N3O2/c1-15(25-26-19-7-3-2-6-18(19)21(22,23)24)16-8-10-17(11-9-16)29-14-20(28)27-12-4-5-13-27/h2-3,6-11,26H,4-5,12-14H2,1H3/b25-15-. The predicted molar refractivity (Wildman–Crippen MR) is 105 cm³/mol. The summed E-state index contributed by atoms with van der Waals surface area (Å²) in [7, 11) is 0. The second kappa shape index (κ2) is 8.98. The lowest BCUT2D eigenvalue weighted by Crippen LogP contribution is -2.32. The molecule has 0 atom stereocenters. The Morgan fingerprint density at radius 2 is 1.76 bits per heavy atom. The van der Waals surface area contributed by atoms with Crippen molar-refractivity contribution in [3.63, 3.8) is 0 Å². The van der Waals surface area contributed by atoms with Gasteiger partial charge in [-0.05, 0) is 61.7 Å². The zero-order valence-corrected chi connectivity index (χ0v) is 16.0. The van der Waals surface area contributed by atoms with Crippen LogP contribution < -0.4 is 10.2 Å². The summed E-state index contributed by atoms with van der Waals surface area (Å²) in [4.78, 5) is 13.8. The highest BCUT2D eigenvalue weighted by Crippen LogP contribution is 2.34. The van der Waals surface area contributed by atoms with Gasteiger partial charge in [0, 0.05) is 13.1 Å². The predicted octanol–water partition coefficient (Wildman–Crippen LogP) is 4.54. The number of rotatable bonds is 6. The Bertz CT molecular complexity index is 873. The molecule has 0 unspecified atom stereocenters. The molecule has 0 bridgehead atoms. The van der Waals surface area contributed by atoms with Gasteiger partial charge in [-0.25, -0.2) is 0 Å². The van der Waals surface area contributed by atoms with Crippen molar-refractivity contribution < 1.29 is 22.7 Å². The number of alkyl halides is 3. The van der Waals surface area contributed by atoms with E-state index in [-0.39, 0.29) is 18.2 Å². The maximum atomic E-state index is 13.0. The number of hydrogen-bond donors (Lipinski definition) is 1. The molecule has 0 spiro atoms. The number of amides is 1. The molecule has 1 amide bonds. The topological polar surface area (TPSA) is 53.9 Å². The number of benzene rings is 2. The number of anilines is 1. The summed E-state index contributed by atoms with van der Waals surface area (Å²) in [5.74, 6) is 0.515. The molecule has 0 aromatic heterocycles. The zero-order chi connectivity index (χ0) is 20.9. The monoisotopic (exact) mass is 405 g/mol. The Kier molecular flexibility index (Phi) is 6.41. The number of para-hydroxylation sites is 1. The fraction of sp³-hybridized carbons (Fsp3) is 0.333. The van der Waals surface area contributed by atoms with Crippen LogP contribution in [0, 0.1) is 0 Å². The van der Waals surface area contributed by atoms with Gasteiger partial charge in [0.15, 0.2) is 6.61 Å². The van der Waals surface area contributed by atoms with Crippen molar-refractivity contribution in [1.82, 2.24) is 4.90 Å². The van der Waals surface area contributed by atoms with Crippen LogP contribution in [0.1, 0.15) is 30.9 Å². The summed E-state index contributed by atoms with van der Waals surface area (Å²) >= 11 is 0. The van der Waals surface area contributed by atoms with Gasteiger partial charge in [0.1, 0.15) is 5.75 Å². The lowest BCUT2D eigenvalue weighted by Gasteiger charge is -2.15. The molecule has 29 heavy (non-hydrogen) atoms. The minimum absolute atomic E-state index is 0.0117. The molecule has 1 aliphatic heterocycles. The molecule has 1 heterocycles. The van der Waals surface area contributed by atoms with E-state index in [9.17, 15) is 18.0 Å². The van der Waals surface area contributed by atoms with Crippen LogP contribution in [0.15, 0.2) is 53.6 Å². The van der Waals surface area contributed by atoms with E-state index in [1.54, 1.807) is 36.1 Å². The van der Waals surface area contributed by atoms with Crippen LogP contribution in [-0.2, 0) is 11.0 Å². The molecule has 1 N–H and O–H groups in total. The summed E-state index contributed by atoms with van der Waals surface area (Å²) < 4.78 is 44.6. The van der Waals surface area contributed by atoms with Crippen LogP contribution >= 0.6 is 0 Å². The van der Waals surface area contributed by atoms with E-state index in [1.165, 1.54) is 18.2 Å². The van der Waals surface area contributed by atoms with E-state index in [0.29, 0.717) is 11.5 Å². The van der Waals surface area contributed by atoms with Crippen molar-refractivity contribution in [2.24, 2.45) is 5.10 Å². The van der Waals surface area contributed by atoms with Gasteiger partial charge in [0.25, 0.3) is 5.91 Å². The molecule has 5 nitrogen and oxygen atoms in total. The normalized spacial score (nSPS) is 14.8. The third-order valence-corrected chi connectivity index (χ3v) is 4.67. The molecule has 1 aliphatic rings. The van der Waals surface area contributed by atoms with Gasteiger partial charge in [0.2, 0.25) is 0 Å². The number of halogens is 3. The molecule has 0 saturated carbocycles. The van der Waals surface area contributed by atoms with Crippen molar-refractivity contribution in [1.29, 1.82) is 0 Å². The Morgan fingerprint density at radius 1 is 1.10 bits per heavy atom. The molecule has 2 aromatic carbocycles. The van der Waals surface area contributed by atoms with Crippen molar-refractivity contribution in [3.05, 3.63) is 59.7 Å². The number of likely N-dealkylation sites (tertiary alicyclic amines) is 1. The second-order valence-electron chi connectivity index (χ2n) is 6.75. The van der Waals surface area contributed by atoms with E-state index in [0.717, 1.165) is 37.6 Å². The van der Waals surface area contributed by atoms with Crippen LogP contribution in [0.3, 0.4) is 0 Å². The first-order chi connectivity index (χ1) is 13.8. The molecule has 0 radical (unpaired) electrons. The molecule has 2 aromatic rings. The van der Waals surface area contributed by atoms with Crippen molar-refractivity contribution in [2.75, 3.05) is 25.1 Å². The van der Waals surface area contributed by atoms with Gasteiger partial charge in [-0.2, -0.15) is 18.3 Å². The number of hydrazone groups is 1. The molecular weight excluding hydrogens is 383 g/mol. The highest BCUT2D eigenvalue weighted by atomic mass is 19.4. The lowest BCUT2D eigenvalue weighted by atomic mass is 10.1. The molecule has 154 valence electrons. The summed E-state index contributed by atoms with van der Waals surface area (Å²) in [6.07, 6.45) is -2.40. The Morgan fingerprint density at radius 3 is 2.41 bits per heavy atom. The van der Waals surface area contributed by atoms with E-state index in [4.69, 9.17) is 4.74 Å². The van der Waals surface area contributed by atoms with Crippen LogP contribution in [0.5, 0.6) is 5.75 Å². The summed E-state index contributed by atoms with van der Waals surface area (Å²) in [6, 6.07) is 12.1. The van der Waals surface area contributed by atoms with Gasteiger partial charge in [-0.15, -0.1) is 0 Å². The Hall–Kier alpha value is -3.03. The van der Waals surface area contributed by atoms with Crippen LogP contribution in [0.25, 0.3) is 0 Å². The van der Waals surface area contributed by atoms with Gasteiger partial charge >= 0.3 is 6.18 Å². The molecule has 1 saturated heterocycles. The van der Waals surface area contributed by atoms with Crippen LogP contribution in [0.2, 0.25) is 0 Å². The van der Waals surface area contributed by atoms with E-state index < -0.39 is 11.7 Å². The maximum absolute atomic E-state index is 13.0. The lowest BCUT2D eigenvalue weighted by molar-refractivity contribution is -0.137. The van der Waals surface area contributed by atoms with Crippen molar-refractivity contribution in [2.45, 2.75) is 25.9 Å². The average molecular weight is 405 g/mol. The Labute approximate surface area is 167 Å². The molecule has 0 aliphatic carbocycles. The number of nitrogens with one attached hydrogen (secondary N) is 1. The maximum Gasteiger partial charge on any atom is 0.418 e. The minimum atomic E-state index is -4.46. The van der Waals surface area contributed by atoms with Gasteiger partial charge in [-0.1, -0.05) is 12.1 Å². The number of nitrogens with zero attached hydrogens (tertiary/aromatic N) is 2. The first-order valence-electron chi connectivity index (χ1n) is 9.32. The van der Waals surface area contributed by atoms with Crippen LogP contribution in [-0.4, -0.2) is 36.2 Å². The molecule has 1 fully saturated rings. The largest absolute Gasteiger partial charge is 0.484 e. The van der Waals surface area contributed by atoms with Gasteiger partial charge in [0.05, 0.1) is 17.0 Å². The minimum Gasteiger partial charge on any atom is -0.484 e. The molecule has 8 heteroatoms. The average Bonchev–Trinajstić information content (AvgIpc) is 3.25. The fourth-order valence-corrected chi connectivity index (χ4v) is 3.03. The second-order valence-corrected chi connectivity index (χ2v) is 6.75. The smallest absolute Gasteiger partial charge is 0.418 e. The third-order valence-electron chi connectivity index (χ3n) is 4.67. The third kappa shape index (κ3) is 5.49. The quantitative estimate of drug-likeness (QED) is 0.567. The summed E-state index contributed by atoms with van der Waals surface area (Å²) in [5.41, 5.74) is 2.84. The van der Waals surface area contributed by atoms with Gasteiger partial charge in [-0.3, -0.25) is 10.2 Å². The zero-order valence-electron chi connectivity index (χ0n) is 16.0. The van der Waals surface area contributed by atoms with Crippen LogP contribution in [0.4, 0.5) is 18.9 Å². The van der Waals surface area contributed by atoms with Crippen molar-refractivity contribution in [3.8, 4) is 5.75 Å². The van der Waals surface area contributed by atoms with Gasteiger partial charge < -0.3 is 9.64 Å². The molecular formula is C21H22F3N3O2. The number of ether oxygens (including phenoxy) is 1. The van der Waals surface area contributed by atoms with Crippen molar-refractivity contribution >= 4 is 17.3 Å². The molecule has 3 rings (SSSR count). The highest BCUT2D eigenvalue weighted by molar-refractivity contribution is 5.99. The summed E-state index contributed by atoms with van der Waals surface area (Å²) in [6.45, 7) is 3.24. The number of hydrogen-bond acceptors (Lipinski definition) is 4. The van der Waals surface area contributed by atoms with E-state index in [2.05, 4.69) is 10.5 Å². The number of carbonyl (C=O) groups excluding carboxylic acids is 1. The Balaban J connectivity index is 1.60. The first kappa shape index (κ1) is 20.7. The summed E-state index contributed by atoms with van der Waals surface area (Å²) in [5, 5.41) is 4.06. The highest BCUT2D eigenvalue weighted by Gasteiger charge is 2.33. The SMILES string of the molecule is C/C(=N/Nc1ccccc1C(F)(F)F)c1ccc(OCC(=O)N2CCCC2)cc1.